The summed E-state index contributed by atoms with van der Waals surface area (Å²) in [6, 6.07) is 9.13. The summed E-state index contributed by atoms with van der Waals surface area (Å²) in [5, 5.41) is 2.65. The zero-order valence-corrected chi connectivity index (χ0v) is 18.0. The molecule has 0 fully saturated rings. The summed E-state index contributed by atoms with van der Waals surface area (Å²) >= 11 is 3.34. The highest BCUT2D eigenvalue weighted by Gasteiger charge is 2.16. The van der Waals surface area contributed by atoms with Crippen LogP contribution < -0.4 is 24.2 Å². The van der Waals surface area contributed by atoms with Crippen molar-refractivity contribution in [2.45, 2.75) is 4.90 Å². The van der Waals surface area contributed by atoms with Crippen LogP contribution in [0.2, 0.25) is 0 Å². The number of sulfonamides is 1. The third kappa shape index (κ3) is 5.37. The van der Waals surface area contributed by atoms with E-state index in [9.17, 15) is 13.2 Å². The van der Waals surface area contributed by atoms with Gasteiger partial charge in [0.25, 0.3) is 5.91 Å². The SMILES string of the molecule is COc1ccc(S(=O)(=O)NCCNC(=O)c2cc(OC)c(Br)c(OC)c2)cc1. The van der Waals surface area contributed by atoms with E-state index < -0.39 is 10.0 Å². The van der Waals surface area contributed by atoms with Crippen molar-refractivity contribution in [1.29, 1.82) is 0 Å². The number of hydrogen-bond acceptors (Lipinski definition) is 6. The van der Waals surface area contributed by atoms with Crippen LogP contribution in [0.3, 0.4) is 0 Å². The van der Waals surface area contributed by atoms with Gasteiger partial charge in [-0.3, -0.25) is 4.79 Å². The molecule has 28 heavy (non-hydrogen) atoms. The largest absolute Gasteiger partial charge is 0.497 e. The van der Waals surface area contributed by atoms with Gasteiger partial charge in [-0.2, -0.15) is 0 Å². The predicted molar refractivity (Wildman–Crippen MR) is 108 cm³/mol. The van der Waals surface area contributed by atoms with Crippen LogP contribution >= 0.6 is 15.9 Å². The lowest BCUT2D eigenvalue weighted by Crippen LogP contribution is -2.34. The highest BCUT2D eigenvalue weighted by atomic mass is 79.9. The lowest BCUT2D eigenvalue weighted by atomic mass is 10.2. The normalized spacial score (nSPS) is 11.0. The second kappa shape index (κ2) is 9.76. The zero-order valence-electron chi connectivity index (χ0n) is 15.6. The van der Waals surface area contributed by atoms with E-state index in [1.165, 1.54) is 33.5 Å². The second-order valence-corrected chi connectivity index (χ2v) is 8.08. The minimum Gasteiger partial charge on any atom is -0.497 e. The number of nitrogens with one attached hydrogen (secondary N) is 2. The Morgan fingerprint density at radius 3 is 2.04 bits per heavy atom. The fraction of sp³-hybridized carbons (Fsp3) is 0.278. The molecule has 0 aliphatic rings. The second-order valence-electron chi connectivity index (χ2n) is 5.52. The van der Waals surface area contributed by atoms with E-state index in [2.05, 4.69) is 26.0 Å². The quantitative estimate of drug-likeness (QED) is 0.542. The number of ether oxygens (including phenoxy) is 3. The molecular formula is C18H21BrN2O6S. The molecule has 1 amide bonds. The van der Waals surface area contributed by atoms with E-state index >= 15 is 0 Å². The summed E-state index contributed by atoms with van der Waals surface area (Å²) in [4.78, 5) is 12.4. The molecule has 0 aliphatic carbocycles. The number of amides is 1. The fourth-order valence-corrected chi connectivity index (χ4v) is 3.89. The fourth-order valence-electron chi connectivity index (χ4n) is 2.30. The monoisotopic (exact) mass is 472 g/mol. The summed E-state index contributed by atoms with van der Waals surface area (Å²) < 4.78 is 42.9. The molecule has 0 bridgehead atoms. The highest BCUT2D eigenvalue weighted by molar-refractivity contribution is 9.10. The van der Waals surface area contributed by atoms with Gasteiger partial charge < -0.3 is 19.5 Å². The maximum Gasteiger partial charge on any atom is 0.251 e. The predicted octanol–water partition coefficient (Wildman–Crippen LogP) is 2.18. The van der Waals surface area contributed by atoms with Crippen molar-refractivity contribution in [1.82, 2.24) is 10.0 Å². The zero-order chi connectivity index (χ0) is 20.7. The van der Waals surface area contributed by atoms with Gasteiger partial charge in [0.1, 0.15) is 21.7 Å². The van der Waals surface area contributed by atoms with Crippen molar-refractivity contribution < 1.29 is 27.4 Å². The van der Waals surface area contributed by atoms with E-state index in [1.807, 2.05) is 0 Å². The molecule has 0 saturated heterocycles. The first-order chi connectivity index (χ1) is 13.3. The Labute approximate surface area is 172 Å². The maximum atomic E-state index is 12.3. The van der Waals surface area contributed by atoms with Gasteiger partial charge in [0, 0.05) is 18.7 Å². The van der Waals surface area contributed by atoms with Crippen molar-refractivity contribution in [2.75, 3.05) is 34.4 Å². The Hall–Kier alpha value is -2.30. The molecule has 0 spiro atoms. The summed E-state index contributed by atoms with van der Waals surface area (Å²) in [6.07, 6.45) is 0. The molecule has 0 aromatic heterocycles. The summed E-state index contributed by atoms with van der Waals surface area (Å²) in [6.45, 7) is 0.139. The number of benzene rings is 2. The molecule has 0 radical (unpaired) electrons. The minimum atomic E-state index is -3.68. The van der Waals surface area contributed by atoms with Crippen LogP contribution in [0.4, 0.5) is 0 Å². The third-order valence-corrected chi connectivity index (χ3v) is 6.04. The Balaban J connectivity index is 1.95. The number of halogens is 1. The average molecular weight is 473 g/mol. The molecule has 0 saturated carbocycles. The molecule has 152 valence electrons. The highest BCUT2D eigenvalue weighted by Crippen LogP contribution is 2.35. The van der Waals surface area contributed by atoms with Gasteiger partial charge in [-0.15, -0.1) is 0 Å². The van der Waals surface area contributed by atoms with E-state index in [1.54, 1.807) is 24.3 Å². The van der Waals surface area contributed by atoms with Crippen molar-refractivity contribution >= 4 is 31.9 Å². The molecule has 8 nitrogen and oxygen atoms in total. The molecule has 2 aromatic rings. The van der Waals surface area contributed by atoms with Crippen molar-refractivity contribution in [3.63, 3.8) is 0 Å². The van der Waals surface area contributed by atoms with Crippen molar-refractivity contribution in [2.24, 2.45) is 0 Å². The van der Waals surface area contributed by atoms with Crippen molar-refractivity contribution in [3.05, 3.63) is 46.4 Å². The Morgan fingerprint density at radius 1 is 0.964 bits per heavy atom. The maximum absolute atomic E-state index is 12.3. The average Bonchev–Trinajstić information content (AvgIpc) is 2.71. The summed E-state index contributed by atoms with van der Waals surface area (Å²) in [5.74, 6) is 1.08. The number of hydrogen-bond donors (Lipinski definition) is 2. The van der Waals surface area contributed by atoms with Gasteiger partial charge in [0.15, 0.2) is 0 Å². The molecule has 0 unspecified atom stereocenters. The smallest absolute Gasteiger partial charge is 0.251 e. The lowest BCUT2D eigenvalue weighted by molar-refractivity contribution is 0.0953. The van der Waals surface area contributed by atoms with Crippen LogP contribution in [0.5, 0.6) is 17.2 Å². The molecule has 0 aliphatic heterocycles. The van der Waals surface area contributed by atoms with Crippen LogP contribution in [-0.2, 0) is 10.0 Å². The Bertz CT molecular complexity index is 907. The number of rotatable bonds is 9. The summed E-state index contributed by atoms with van der Waals surface area (Å²) in [5.41, 5.74) is 0.329. The first-order valence-corrected chi connectivity index (χ1v) is 10.4. The van der Waals surface area contributed by atoms with Crippen LogP contribution in [-0.4, -0.2) is 48.7 Å². The third-order valence-electron chi connectivity index (χ3n) is 3.78. The van der Waals surface area contributed by atoms with Gasteiger partial charge in [-0.1, -0.05) is 0 Å². The molecule has 2 N–H and O–H groups in total. The molecular weight excluding hydrogens is 452 g/mol. The van der Waals surface area contributed by atoms with E-state index in [-0.39, 0.29) is 23.9 Å². The van der Waals surface area contributed by atoms with Crippen LogP contribution in [0.1, 0.15) is 10.4 Å². The molecule has 2 aromatic carbocycles. The first-order valence-electron chi connectivity index (χ1n) is 8.15. The Kier molecular flexibility index (Phi) is 7.67. The number of methoxy groups -OCH3 is 3. The Morgan fingerprint density at radius 2 is 1.54 bits per heavy atom. The van der Waals surface area contributed by atoms with Gasteiger partial charge in [0.05, 0.1) is 26.2 Å². The molecule has 10 heteroatoms. The lowest BCUT2D eigenvalue weighted by Gasteiger charge is -2.12. The molecule has 0 heterocycles. The summed E-state index contributed by atoms with van der Waals surface area (Å²) in [7, 11) is 0.786. The van der Waals surface area contributed by atoms with Gasteiger partial charge in [0.2, 0.25) is 10.0 Å². The minimum absolute atomic E-state index is 0.0326. The molecule has 2 rings (SSSR count). The van der Waals surface area contributed by atoms with Crippen LogP contribution in [0.15, 0.2) is 45.8 Å². The van der Waals surface area contributed by atoms with Gasteiger partial charge >= 0.3 is 0 Å². The van der Waals surface area contributed by atoms with Crippen molar-refractivity contribution in [3.8, 4) is 17.2 Å². The topological polar surface area (TPSA) is 103 Å². The van der Waals surface area contributed by atoms with Gasteiger partial charge in [-0.05, 0) is 52.3 Å². The van der Waals surface area contributed by atoms with E-state index in [0.717, 1.165) is 0 Å². The van der Waals surface area contributed by atoms with E-state index in [0.29, 0.717) is 27.3 Å². The first kappa shape index (κ1) is 22.0. The molecule has 0 atom stereocenters. The van der Waals surface area contributed by atoms with E-state index in [4.69, 9.17) is 14.2 Å². The van der Waals surface area contributed by atoms with Gasteiger partial charge in [-0.25, -0.2) is 13.1 Å². The van der Waals surface area contributed by atoms with Crippen LogP contribution in [0, 0.1) is 0 Å². The standard InChI is InChI=1S/C18H21BrN2O6S/c1-25-13-4-6-14(7-5-13)28(23,24)21-9-8-20-18(22)12-10-15(26-2)17(19)16(11-12)27-3/h4-7,10-11,21H,8-9H2,1-3H3,(H,20,22). The number of carbonyl (C=O) groups is 1. The number of carbonyl (C=O) groups excluding carboxylic acids is 1. The van der Waals surface area contributed by atoms with Crippen LogP contribution in [0.25, 0.3) is 0 Å².